The number of alkyl halides is 3. The molecular formula is C26H20F4N4O3. The lowest BCUT2D eigenvalue weighted by molar-refractivity contribution is -0.137. The van der Waals surface area contributed by atoms with Crippen LogP contribution in [0.25, 0.3) is 11.3 Å². The van der Waals surface area contributed by atoms with Gasteiger partial charge in [-0.3, -0.25) is 4.79 Å². The van der Waals surface area contributed by atoms with E-state index in [9.17, 15) is 22.4 Å². The van der Waals surface area contributed by atoms with Crippen molar-refractivity contribution in [3.63, 3.8) is 0 Å². The van der Waals surface area contributed by atoms with Gasteiger partial charge in [0, 0.05) is 42.2 Å². The maximum Gasteiger partial charge on any atom is 0.416 e. The van der Waals surface area contributed by atoms with E-state index in [1.165, 1.54) is 25.4 Å². The number of aromatic nitrogens is 3. The first kappa shape index (κ1) is 25.5. The lowest BCUT2D eigenvalue weighted by Gasteiger charge is -2.13. The Morgan fingerprint density at radius 3 is 2.54 bits per heavy atom. The van der Waals surface area contributed by atoms with Crippen LogP contribution in [0.2, 0.25) is 0 Å². The molecule has 4 rings (SSSR count). The number of rotatable bonds is 7. The predicted molar refractivity (Wildman–Crippen MR) is 127 cm³/mol. The number of halogens is 4. The number of hydrogen-bond donors (Lipinski definition) is 1. The van der Waals surface area contributed by atoms with Crippen LogP contribution in [0.4, 0.5) is 23.2 Å². The lowest BCUT2D eigenvalue weighted by atomic mass is 10.1. The van der Waals surface area contributed by atoms with Crippen LogP contribution < -0.4 is 14.8 Å². The molecule has 0 bridgehead atoms. The summed E-state index contributed by atoms with van der Waals surface area (Å²) in [5.74, 6) is -1.07. The first-order chi connectivity index (χ1) is 17.7. The first-order valence-corrected chi connectivity index (χ1v) is 11.0. The summed E-state index contributed by atoms with van der Waals surface area (Å²) in [7, 11) is 1.20. The fourth-order valence-corrected chi connectivity index (χ4v) is 3.41. The molecule has 1 amide bonds. The topological polar surface area (TPSA) is 86.2 Å². The van der Waals surface area contributed by atoms with Gasteiger partial charge in [-0.2, -0.15) is 13.2 Å². The molecule has 0 aliphatic heterocycles. The molecule has 4 aromatic rings. The summed E-state index contributed by atoms with van der Waals surface area (Å²) in [6.07, 6.45) is -0.958. The van der Waals surface area contributed by atoms with Gasteiger partial charge in [-0.1, -0.05) is 6.92 Å². The highest BCUT2D eigenvalue weighted by Gasteiger charge is 2.31. The second kappa shape index (κ2) is 10.6. The molecule has 7 nitrogen and oxygen atoms in total. The van der Waals surface area contributed by atoms with Crippen molar-refractivity contribution in [2.75, 3.05) is 12.4 Å². The molecule has 0 aliphatic rings. The molecule has 0 spiro atoms. The number of aryl methyl sites for hydroxylation is 1. The van der Waals surface area contributed by atoms with Gasteiger partial charge < -0.3 is 14.8 Å². The quantitative estimate of drug-likeness (QED) is 0.292. The Morgan fingerprint density at radius 1 is 1.00 bits per heavy atom. The number of hydrogen-bond acceptors (Lipinski definition) is 6. The molecule has 0 saturated carbocycles. The van der Waals surface area contributed by atoms with Gasteiger partial charge in [-0.25, -0.2) is 19.3 Å². The zero-order valence-electron chi connectivity index (χ0n) is 19.6. The number of nitrogens with one attached hydrogen (secondary N) is 1. The molecule has 37 heavy (non-hydrogen) atoms. The summed E-state index contributed by atoms with van der Waals surface area (Å²) in [6, 6.07) is 11.1. The molecule has 0 aliphatic carbocycles. The molecule has 0 saturated heterocycles. The number of amides is 1. The van der Waals surface area contributed by atoms with Gasteiger partial charge in [0.25, 0.3) is 5.91 Å². The third-order valence-electron chi connectivity index (χ3n) is 5.14. The minimum absolute atomic E-state index is 0.0449. The summed E-state index contributed by atoms with van der Waals surface area (Å²) in [5.41, 5.74) is -0.303. The molecule has 1 N–H and O–H groups in total. The van der Waals surface area contributed by atoms with E-state index in [0.717, 1.165) is 24.3 Å². The van der Waals surface area contributed by atoms with Crippen LogP contribution in [0.5, 0.6) is 17.4 Å². The maximum absolute atomic E-state index is 14.4. The average molecular weight is 512 g/mol. The van der Waals surface area contributed by atoms with Crippen LogP contribution in [-0.4, -0.2) is 28.0 Å². The van der Waals surface area contributed by atoms with E-state index in [1.54, 1.807) is 24.4 Å². The van der Waals surface area contributed by atoms with Crippen molar-refractivity contribution in [3.8, 4) is 28.6 Å². The number of nitrogens with zero attached hydrogens (tertiary/aromatic N) is 3. The molecular weight excluding hydrogens is 492 g/mol. The third kappa shape index (κ3) is 6.18. The van der Waals surface area contributed by atoms with Crippen LogP contribution in [0, 0.1) is 5.82 Å². The SMILES string of the molecule is CCc1nccc(-c2cccnc2Oc2cc(F)cc(C(=O)Nc3cc(OC)cc(C(F)(F)F)c3)c2)n1. The molecule has 11 heteroatoms. The molecule has 190 valence electrons. The van der Waals surface area contributed by atoms with Gasteiger partial charge in [0.05, 0.1) is 23.9 Å². The molecule has 2 aromatic heterocycles. The van der Waals surface area contributed by atoms with Gasteiger partial charge >= 0.3 is 6.18 Å². The fourth-order valence-electron chi connectivity index (χ4n) is 3.41. The van der Waals surface area contributed by atoms with Crippen molar-refractivity contribution in [1.29, 1.82) is 0 Å². The second-order valence-electron chi connectivity index (χ2n) is 7.75. The van der Waals surface area contributed by atoms with E-state index in [0.29, 0.717) is 23.5 Å². The first-order valence-electron chi connectivity index (χ1n) is 11.0. The highest BCUT2D eigenvalue weighted by atomic mass is 19.4. The highest BCUT2D eigenvalue weighted by molar-refractivity contribution is 6.04. The number of ether oxygens (including phenoxy) is 2. The monoisotopic (exact) mass is 512 g/mol. The van der Waals surface area contributed by atoms with E-state index in [4.69, 9.17) is 9.47 Å². The van der Waals surface area contributed by atoms with Crippen LogP contribution in [0.3, 0.4) is 0 Å². The Labute approximate surface area is 209 Å². The predicted octanol–water partition coefficient (Wildman–Crippen LogP) is 6.31. The second-order valence-corrected chi connectivity index (χ2v) is 7.75. The van der Waals surface area contributed by atoms with Crippen molar-refractivity contribution < 1.29 is 31.8 Å². The number of anilines is 1. The highest BCUT2D eigenvalue weighted by Crippen LogP contribution is 2.35. The summed E-state index contributed by atoms with van der Waals surface area (Å²) in [4.78, 5) is 25.6. The Bertz CT molecular complexity index is 1440. The Kier molecular flexibility index (Phi) is 7.32. The molecule has 2 aromatic carbocycles. The van der Waals surface area contributed by atoms with Crippen molar-refractivity contribution in [3.05, 3.63) is 89.8 Å². The zero-order chi connectivity index (χ0) is 26.6. The van der Waals surface area contributed by atoms with Crippen molar-refractivity contribution >= 4 is 11.6 Å². The smallest absolute Gasteiger partial charge is 0.416 e. The van der Waals surface area contributed by atoms with Crippen LogP contribution in [-0.2, 0) is 12.6 Å². The van der Waals surface area contributed by atoms with Crippen molar-refractivity contribution in [1.82, 2.24) is 15.0 Å². The van der Waals surface area contributed by atoms with E-state index in [-0.39, 0.29) is 28.6 Å². The molecule has 0 radical (unpaired) electrons. The summed E-state index contributed by atoms with van der Waals surface area (Å²) in [6.45, 7) is 1.91. The minimum atomic E-state index is -4.66. The molecule has 2 heterocycles. The standard InChI is InChI=1S/C26H20F4N4O3/c1-3-23-31-8-6-22(34-23)21-5-4-7-32-25(21)37-20-10-15(9-17(27)13-20)24(35)33-18-11-16(26(28,29)30)12-19(14-18)36-2/h4-14H,3H2,1-2H3,(H,33,35). The van der Waals surface area contributed by atoms with E-state index >= 15 is 0 Å². The van der Waals surface area contributed by atoms with Crippen molar-refractivity contribution in [2.45, 2.75) is 19.5 Å². The van der Waals surface area contributed by atoms with Gasteiger partial charge in [-0.05, 0) is 42.5 Å². The Balaban J connectivity index is 1.62. The van der Waals surface area contributed by atoms with E-state index in [2.05, 4.69) is 20.3 Å². The summed E-state index contributed by atoms with van der Waals surface area (Å²) < 4.78 is 64.7. The number of benzene rings is 2. The fraction of sp³-hybridized carbons (Fsp3) is 0.154. The molecule has 0 fully saturated rings. The van der Waals surface area contributed by atoms with E-state index in [1.807, 2.05) is 6.92 Å². The van der Waals surface area contributed by atoms with Crippen LogP contribution in [0.15, 0.2) is 67.0 Å². The van der Waals surface area contributed by atoms with E-state index < -0.39 is 23.5 Å². The van der Waals surface area contributed by atoms with Gasteiger partial charge in [-0.15, -0.1) is 0 Å². The minimum Gasteiger partial charge on any atom is -0.497 e. The van der Waals surface area contributed by atoms with Crippen LogP contribution >= 0.6 is 0 Å². The zero-order valence-corrected chi connectivity index (χ0v) is 19.6. The summed E-state index contributed by atoms with van der Waals surface area (Å²) >= 11 is 0. The normalized spacial score (nSPS) is 11.2. The van der Waals surface area contributed by atoms with Gasteiger partial charge in [0.1, 0.15) is 23.1 Å². The largest absolute Gasteiger partial charge is 0.497 e. The van der Waals surface area contributed by atoms with Gasteiger partial charge in [0.2, 0.25) is 5.88 Å². The molecule has 0 unspecified atom stereocenters. The van der Waals surface area contributed by atoms with Crippen LogP contribution in [0.1, 0.15) is 28.7 Å². The van der Waals surface area contributed by atoms with Crippen molar-refractivity contribution in [2.24, 2.45) is 0 Å². The maximum atomic E-state index is 14.4. The Hall–Kier alpha value is -4.54. The summed E-state index contributed by atoms with van der Waals surface area (Å²) in [5, 5.41) is 2.34. The molecule has 0 atom stereocenters. The van der Waals surface area contributed by atoms with Gasteiger partial charge in [0.15, 0.2) is 0 Å². The number of pyridine rings is 1. The average Bonchev–Trinajstić information content (AvgIpc) is 2.88. The lowest BCUT2D eigenvalue weighted by Crippen LogP contribution is -2.14. The number of methoxy groups -OCH3 is 1. The Morgan fingerprint density at radius 2 is 1.81 bits per heavy atom. The number of carbonyl (C=O) groups is 1. The third-order valence-corrected chi connectivity index (χ3v) is 5.14. The number of carbonyl (C=O) groups excluding carboxylic acids is 1.